The molecule has 0 fully saturated rings. The molecule has 0 atom stereocenters. The molecule has 0 aliphatic rings. The predicted molar refractivity (Wildman–Crippen MR) is 29.0 cm³/mol. The molecule has 0 aliphatic carbocycles. The first-order valence-corrected chi connectivity index (χ1v) is 2.40. The van der Waals surface area contributed by atoms with Crippen molar-refractivity contribution in [2.24, 2.45) is 0 Å². The Morgan fingerprint density at radius 1 is 1.50 bits per heavy atom. The van der Waals surface area contributed by atoms with Crippen molar-refractivity contribution < 1.29 is 9.47 Å². The number of nitrogens with zero attached hydrogens (tertiary/aromatic N) is 1. The van der Waals surface area contributed by atoms with Crippen LogP contribution in [0.4, 0.5) is 0 Å². The summed E-state index contributed by atoms with van der Waals surface area (Å²) in [6, 6.07) is 0. The fourth-order valence-electron chi connectivity index (χ4n) is 0.225. The standard InChI is InChI=1S/C5H9NO2/c1-3-7-5-8-4-6-2/h3-5H2,1H3. The largest absolute Gasteiger partial charge is 0.355 e. The van der Waals surface area contributed by atoms with E-state index in [-0.39, 0.29) is 13.5 Å². The van der Waals surface area contributed by atoms with Gasteiger partial charge in [0.05, 0.1) is 0 Å². The molecule has 3 heteroatoms. The van der Waals surface area contributed by atoms with Gasteiger partial charge in [-0.05, 0) is 6.92 Å². The molecule has 0 unspecified atom stereocenters. The summed E-state index contributed by atoms with van der Waals surface area (Å²) >= 11 is 0. The number of hydrogen-bond donors (Lipinski definition) is 0. The molecule has 0 aromatic carbocycles. The zero-order valence-corrected chi connectivity index (χ0v) is 4.89. The lowest BCUT2D eigenvalue weighted by Gasteiger charge is -1.94. The Labute approximate surface area is 49.0 Å². The smallest absolute Gasteiger partial charge is 0.320 e. The SMILES string of the molecule is [C-]#[N+]COCOCC. The van der Waals surface area contributed by atoms with Crippen LogP contribution in [0.3, 0.4) is 0 Å². The minimum absolute atomic E-state index is 0.0972. The molecule has 0 N–H and O–H groups in total. The van der Waals surface area contributed by atoms with Crippen molar-refractivity contribution in [1.29, 1.82) is 0 Å². The van der Waals surface area contributed by atoms with Crippen LogP contribution in [-0.4, -0.2) is 20.1 Å². The molecule has 0 saturated carbocycles. The van der Waals surface area contributed by atoms with Crippen LogP contribution in [0.15, 0.2) is 0 Å². The van der Waals surface area contributed by atoms with E-state index in [0.29, 0.717) is 6.61 Å². The average Bonchev–Trinajstić information content (AvgIpc) is 1.81. The van der Waals surface area contributed by atoms with Crippen LogP contribution in [0.1, 0.15) is 6.92 Å². The topological polar surface area (TPSA) is 22.8 Å². The molecule has 0 bridgehead atoms. The summed E-state index contributed by atoms with van der Waals surface area (Å²) in [4.78, 5) is 2.96. The molecule has 0 rings (SSSR count). The molecule has 0 radical (unpaired) electrons. The summed E-state index contributed by atoms with van der Waals surface area (Å²) < 4.78 is 9.42. The predicted octanol–water partition coefficient (Wildman–Crippen LogP) is 0.874. The third-order valence-corrected chi connectivity index (χ3v) is 0.527. The molecule has 0 aliphatic heterocycles. The highest BCUT2D eigenvalue weighted by Gasteiger charge is 1.82. The Bertz CT molecular complexity index is 77.0. The highest BCUT2D eigenvalue weighted by molar-refractivity contribution is 4.43. The van der Waals surface area contributed by atoms with E-state index in [4.69, 9.17) is 11.3 Å². The maximum Gasteiger partial charge on any atom is 0.320 e. The molecule has 0 aromatic heterocycles. The molecule has 3 nitrogen and oxygen atoms in total. The van der Waals surface area contributed by atoms with E-state index >= 15 is 0 Å². The summed E-state index contributed by atoms with van der Waals surface area (Å²) in [6.07, 6.45) is 0. The second kappa shape index (κ2) is 6.41. The van der Waals surface area contributed by atoms with Crippen LogP contribution >= 0.6 is 0 Å². The Morgan fingerprint density at radius 3 is 2.75 bits per heavy atom. The second-order valence-corrected chi connectivity index (χ2v) is 1.10. The van der Waals surface area contributed by atoms with Crippen LogP contribution in [0, 0.1) is 6.57 Å². The first kappa shape index (κ1) is 7.41. The molecular weight excluding hydrogens is 106 g/mol. The number of ether oxygens (including phenoxy) is 2. The third-order valence-electron chi connectivity index (χ3n) is 0.527. The van der Waals surface area contributed by atoms with Crippen LogP contribution < -0.4 is 0 Å². The van der Waals surface area contributed by atoms with E-state index in [2.05, 4.69) is 9.58 Å². The van der Waals surface area contributed by atoms with Crippen LogP contribution in [0.5, 0.6) is 0 Å². The van der Waals surface area contributed by atoms with Crippen LogP contribution in [-0.2, 0) is 9.47 Å². The Morgan fingerprint density at radius 2 is 2.25 bits per heavy atom. The Balaban J connectivity index is 2.65. The lowest BCUT2D eigenvalue weighted by molar-refractivity contribution is -0.0394. The Kier molecular flexibility index (Phi) is 5.94. The van der Waals surface area contributed by atoms with E-state index in [9.17, 15) is 0 Å². The van der Waals surface area contributed by atoms with E-state index in [0.717, 1.165) is 0 Å². The minimum Gasteiger partial charge on any atom is -0.355 e. The summed E-state index contributed by atoms with van der Waals surface area (Å²) in [5.41, 5.74) is 0. The molecule has 8 heavy (non-hydrogen) atoms. The van der Waals surface area contributed by atoms with Crippen molar-refractivity contribution >= 4 is 0 Å². The zero-order chi connectivity index (χ0) is 6.24. The van der Waals surface area contributed by atoms with Crippen molar-refractivity contribution in [2.45, 2.75) is 6.92 Å². The van der Waals surface area contributed by atoms with Crippen LogP contribution in [0.25, 0.3) is 4.85 Å². The fourth-order valence-corrected chi connectivity index (χ4v) is 0.225. The summed E-state index contributed by atoms with van der Waals surface area (Å²) in [7, 11) is 0. The van der Waals surface area contributed by atoms with Gasteiger partial charge in [0.25, 0.3) is 0 Å². The van der Waals surface area contributed by atoms with Gasteiger partial charge in [-0.2, -0.15) is 0 Å². The number of hydrogen-bond acceptors (Lipinski definition) is 2. The maximum absolute atomic E-state index is 6.28. The Hall–Kier alpha value is -0.590. The van der Waals surface area contributed by atoms with E-state index in [1.54, 1.807) is 0 Å². The van der Waals surface area contributed by atoms with Crippen molar-refractivity contribution in [3.63, 3.8) is 0 Å². The lowest BCUT2D eigenvalue weighted by atomic mass is 10.9. The van der Waals surface area contributed by atoms with Gasteiger partial charge in [0, 0.05) is 6.61 Å². The van der Waals surface area contributed by atoms with E-state index < -0.39 is 0 Å². The normalized spacial score (nSPS) is 8.50. The summed E-state index contributed by atoms with van der Waals surface area (Å²) in [5.74, 6) is 0. The van der Waals surface area contributed by atoms with Gasteiger partial charge in [0.2, 0.25) is 0 Å². The maximum atomic E-state index is 6.28. The van der Waals surface area contributed by atoms with Crippen molar-refractivity contribution in [3.05, 3.63) is 11.4 Å². The molecular formula is C5H9NO2. The van der Waals surface area contributed by atoms with E-state index in [1.165, 1.54) is 0 Å². The van der Waals surface area contributed by atoms with Gasteiger partial charge in [-0.15, -0.1) is 0 Å². The zero-order valence-electron chi connectivity index (χ0n) is 4.89. The minimum atomic E-state index is 0.0972. The van der Waals surface area contributed by atoms with Gasteiger partial charge in [-0.1, -0.05) is 0 Å². The van der Waals surface area contributed by atoms with Crippen molar-refractivity contribution in [2.75, 3.05) is 20.1 Å². The molecule has 0 aromatic rings. The molecule has 0 saturated heterocycles. The summed E-state index contributed by atoms with van der Waals surface area (Å²) in [6.45, 7) is 9.13. The van der Waals surface area contributed by atoms with Crippen LogP contribution in [0.2, 0.25) is 0 Å². The fraction of sp³-hybridized carbons (Fsp3) is 0.800. The average molecular weight is 115 g/mol. The molecule has 0 heterocycles. The summed E-state index contributed by atoms with van der Waals surface area (Å²) in [5, 5.41) is 0. The molecule has 46 valence electrons. The van der Waals surface area contributed by atoms with Gasteiger partial charge in [-0.3, -0.25) is 9.58 Å². The third kappa shape index (κ3) is 5.41. The van der Waals surface area contributed by atoms with E-state index in [1.807, 2.05) is 6.92 Å². The van der Waals surface area contributed by atoms with Gasteiger partial charge in [-0.25, -0.2) is 6.57 Å². The van der Waals surface area contributed by atoms with Gasteiger partial charge >= 0.3 is 6.73 Å². The quantitative estimate of drug-likeness (QED) is 0.308. The molecule has 0 spiro atoms. The van der Waals surface area contributed by atoms with Gasteiger partial charge < -0.3 is 4.74 Å². The van der Waals surface area contributed by atoms with Gasteiger partial charge in [0.15, 0.2) is 6.79 Å². The monoisotopic (exact) mass is 115 g/mol. The van der Waals surface area contributed by atoms with Crippen molar-refractivity contribution in [1.82, 2.24) is 0 Å². The lowest BCUT2D eigenvalue weighted by Crippen LogP contribution is -1.97. The van der Waals surface area contributed by atoms with Crippen molar-refractivity contribution in [3.8, 4) is 0 Å². The molecule has 0 amide bonds. The first-order valence-electron chi connectivity index (χ1n) is 2.40. The first-order chi connectivity index (χ1) is 3.91. The highest BCUT2D eigenvalue weighted by Crippen LogP contribution is 1.76. The van der Waals surface area contributed by atoms with Gasteiger partial charge in [0.1, 0.15) is 0 Å². The second-order valence-electron chi connectivity index (χ2n) is 1.10. The number of rotatable bonds is 4. The highest BCUT2D eigenvalue weighted by atomic mass is 16.7.